The summed E-state index contributed by atoms with van der Waals surface area (Å²) < 4.78 is 37.0. The van der Waals surface area contributed by atoms with Crippen molar-refractivity contribution in [2.45, 2.75) is 31.7 Å². The fourth-order valence-electron chi connectivity index (χ4n) is 2.30. The standard InChI is InChI=1S/C16H22N2O5S.ClH/c1-5-22-16(19)15-11(3)13-8-12(6-7-14(13)23-15)24(20,21)18(4)10(2)9-17;/h6-8,10H,5,9,17H2,1-4H3;1H. The van der Waals surface area contributed by atoms with E-state index in [9.17, 15) is 13.2 Å². The number of likely N-dealkylation sites (N-methyl/N-ethyl adjacent to an activating group) is 1. The third-order valence-corrected chi connectivity index (χ3v) is 5.98. The molecule has 2 N–H and O–H groups in total. The summed E-state index contributed by atoms with van der Waals surface area (Å²) >= 11 is 0. The van der Waals surface area contributed by atoms with Gasteiger partial charge < -0.3 is 14.9 Å². The summed E-state index contributed by atoms with van der Waals surface area (Å²) in [7, 11) is -2.19. The van der Waals surface area contributed by atoms with Gasteiger partial charge >= 0.3 is 5.97 Å². The van der Waals surface area contributed by atoms with Crippen molar-refractivity contribution in [2.75, 3.05) is 20.2 Å². The van der Waals surface area contributed by atoms with Crippen molar-refractivity contribution in [1.82, 2.24) is 4.31 Å². The molecule has 0 radical (unpaired) electrons. The Morgan fingerprint density at radius 3 is 2.60 bits per heavy atom. The topological polar surface area (TPSA) is 103 Å². The minimum absolute atomic E-state index is 0. The molecule has 0 aliphatic carbocycles. The molecule has 2 aromatic rings. The maximum Gasteiger partial charge on any atom is 0.374 e. The molecule has 1 aromatic heterocycles. The molecule has 0 aliphatic heterocycles. The zero-order valence-electron chi connectivity index (χ0n) is 14.6. The van der Waals surface area contributed by atoms with E-state index in [-0.39, 0.29) is 42.3 Å². The van der Waals surface area contributed by atoms with Crippen LogP contribution in [0.1, 0.15) is 30.0 Å². The summed E-state index contributed by atoms with van der Waals surface area (Å²) in [6.45, 7) is 5.58. The van der Waals surface area contributed by atoms with Gasteiger partial charge in [0.1, 0.15) is 5.58 Å². The fourth-order valence-corrected chi connectivity index (χ4v) is 3.70. The lowest BCUT2D eigenvalue weighted by atomic mass is 10.1. The Morgan fingerprint density at radius 2 is 2.04 bits per heavy atom. The van der Waals surface area contributed by atoms with E-state index in [1.54, 1.807) is 26.8 Å². The van der Waals surface area contributed by atoms with Gasteiger partial charge in [-0.15, -0.1) is 12.4 Å². The second-order valence-corrected chi connectivity index (χ2v) is 7.54. The Hall–Kier alpha value is -1.61. The average molecular weight is 391 g/mol. The highest BCUT2D eigenvalue weighted by molar-refractivity contribution is 7.89. The SMILES string of the molecule is CCOC(=O)c1oc2ccc(S(=O)(=O)N(C)C(C)CN)cc2c1C.Cl. The number of furan rings is 1. The fraction of sp³-hybridized carbons (Fsp3) is 0.438. The minimum Gasteiger partial charge on any atom is -0.460 e. The predicted octanol–water partition coefficient (Wildman–Crippen LogP) is 2.31. The Morgan fingerprint density at radius 1 is 1.40 bits per heavy atom. The maximum atomic E-state index is 12.7. The van der Waals surface area contributed by atoms with Gasteiger partial charge in [-0.1, -0.05) is 0 Å². The van der Waals surface area contributed by atoms with Gasteiger partial charge in [-0.05, 0) is 39.0 Å². The third kappa shape index (κ3) is 3.98. The number of hydrogen-bond donors (Lipinski definition) is 1. The van der Waals surface area contributed by atoms with Crippen molar-refractivity contribution in [3.8, 4) is 0 Å². The van der Waals surface area contributed by atoms with Gasteiger partial charge in [0.05, 0.1) is 11.5 Å². The van der Waals surface area contributed by atoms with Gasteiger partial charge in [-0.3, -0.25) is 0 Å². The highest BCUT2D eigenvalue weighted by atomic mass is 35.5. The molecular formula is C16H23ClN2O5S. The molecule has 7 nitrogen and oxygen atoms in total. The molecule has 1 heterocycles. The molecular weight excluding hydrogens is 368 g/mol. The number of fused-ring (bicyclic) bond motifs is 1. The van der Waals surface area contributed by atoms with Gasteiger partial charge in [0.15, 0.2) is 0 Å². The monoisotopic (exact) mass is 390 g/mol. The largest absolute Gasteiger partial charge is 0.460 e. The Kier molecular flexibility index (Phi) is 7.01. The number of hydrogen-bond acceptors (Lipinski definition) is 6. The lowest BCUT2D eigenvalue weighted by Gasteiger charge is -2.23. The predicted molar refractivity (Wildman–Crippen MR) is 97.6 cm³/mol. The number of nitrogens with two attached hydrogens (primary N) is 1. The Bertz CT molecular complexity index is 863. The number of carbonyl (C=O) groups excluding carboxylic acids is 1. The highest BCUT2D eigenvalue weighted by Crippen LogP contribution is 2.29. The number of esters is 1. The number of ether oxygens (including phenoxy) is 1. The van der Waals surface area contributed by atoms with Crippen molar-refractivity contribution in [3.05, 3.63) is 29.5 Å². The number of benzene rings is 1. The van der Waals surface area contributed by atoms with Gasteiger partial charge in [-0.25, -0.2) is 13.2 Å². The molecule has 2 rings (SSSR count). The first-order valence-electron chi connectivity index (χ1n) is 7.62. The van der Waals surface area contributed by atoms with E-state index in [2.05, 4.69) is 0 Å². The van der Waals surface area contributed by atoms with Crippen LogP contribution in [0.5, 0.6) is 0 Å². The van der Waals surface area contributed by atoms with Crippen molar-refractivity contribution >= 4 is 39.4 Å². The number of halogens is 1. The lowest BCUT2D eigenvalue weighted by molar-refractivity contribution is 0.0491. The Labute approximate surface area is 153 Å². The van der Waals surface area contributed by atoms with Crippen molar-refractivity contribution in [3.63, 3.8) is 0 Å². The van der Waals surface area contributed by atoms with E-state index in [4.69, 9.17) is 14.9 Å². The summed E-state index contributed by atoms with van der Waals surface area (Å²) in [4.78, 5) is 12.0. The average Bonchev–Trinajstić information content (AvgIpc) is 2.90. The second kappa shape index (κ2) is 8.18. The number of carbonyl (C=O) groups is 1. The third-order valence-electron chi connectivity index (χ3n) is 4.01. The van der Waals surface area contributed by atoms with E-state index in [0.29, 0.717) is 16.5 Å². The summed E-state index contributed by atoms with van der Waals surface area (Å²) in [6.07, 6.45) is 0. The van der Waals surface area contributed by atoms with Crippen LogP contribution in [0.15, 0.2) is 27.5 Å². The summed E-state index contributed by atoms with van der Waals surface area (Å²) in [5, 5.41) is 0.563. The van der Waals surface area contributed by atoms with Crippen LogP contribution in [0.2, 0.25) is 0 Å². The van der Waals surface area contributed by atoms with Crippen molar-refractivity contribution in [1.29, 1.82) is 0 Å². The quantitative estimate of drug-likeness (QED) is 0.759. The Balaban J connectivity index is 0.00000312. The normalized spacial score (nSPS) is 12.9. The molecule has 25 heavy (non-hydrogen) atoms. The van der Waals surface area contributed by atoms with E-state index >= 15 is 0 Å². The molecule has 140 valence electrons. The second-order valence-electron chi connectivity index (χ2n) is 5.54. The van der Waals surface area contributed by atoms with Gasteiger partial charge in [0, 0.05) is 30.6 Å². The molecule has 1 atom stereocenters. The van der Waals surface area contributed by atoms with Crippen LogP contribution in [0.25, 0.3) is 11.0 Å². The first kappa shape index (κ1) is 21.4. The molecule has 1 aromatic carbocycles. The number of sulfonamides is 1. The van der Waals surface area contributed by atoms with Crippen LogP contribution >= 0.6 is 12.4 Å². The van der Waals surface area contributed by atoms with Crippen LogP contribution in [0, 0.1) is 6.92 Å². The molecule has 0 saturated carbocycles. The summed E-state index contributed by atoms with van der Waals surface area (Å²) in [6, 6.07) is 4.17. The summed E-state index contributed by atoms with van der Waals surface area (Å²) in [5.41, 5.74) is 6.54. The molecule has 0 saturated heterocycles. The number of aryl methyl sites for hydroxylation is 1. The molecule has 9 heteroatoms. The summed E-state index contributed by atoms with van der Waals surface area (Å²) in [5.74, 6) is -0.477. The zero-order chi connectivity index (χ0) is 18.1. The van der Waals surface area contributed by atoms with Crippen LogP contribution < -0.4 is 5.73 Å². The van der Waals surface area contributed by atoms with E-state index < -0.39 is 16.0 Å². The van der Waals surface area contributed by atoms with Crippen LogP contribution in [0.3, 0.4) is 0 Å². The van der Waals surface area contributed by atoms with E-state index in [0.717, 1.165) is 0 Å². The smallest absolute Gasteiger partial charge is 0.374 e. The molecule has 0 amide bonds. The van der Waals surface area contributed by atoms with Crippen molar-refractivity contribution < 1.29 is 22.4 Å². The van der Waals surface area contributed by atoms with Crippen LogP contribution in [-0.4, -0.2) is 44.9 Å². The molecule has 0 fully saturated rings. The first-order valence-corrected chi connectivity index (χ1v) is 9.06. The van der Waals surface area contributed by atoms with Gasteiger partial charge in [-0.2, -0.15) is 4.31 Å². The molecule has 0 bridgehead atoms. The van der Waals surface area contributed by atoms with E-state index in [1.807, 2.05) is 0 Å². The molecule has 1 unspecified atom stereocenters. The lowest BCUT2D eigenvalue weighted by Crippen LogP contribution is -2.39. The molecule has 0 aliphatic rings. The van der Waals surface area contributed by atoms with Crippen molar-refractivity contribution in [2.24, 2.45) is 5.73 Å². The zero-order valence-corrected chi connectivity index (χ0v) is 16.2. The minimum atomic E-state index is -3.68. The van der Waals surface area contributed by atoms with Gasteiger partial charge in [0.25, 0.3) is 0 Å². The number of nitrogens with zero attached hydrogens (tertiary/aromatic N) is 1. The van der Waals surface area contributed by atoms with Crippen LogP contribution in [0.4, 0.5) is 0 Å². The first-order chi connectivity index (χ1) is 11.2. The maximum absolute atomic E-state index is 12.7. The van der Waals surface area contributed by atoms with Crippen LogP contribution in [-0.2, 0) is 14.8 Å². The number of rotatable bonds is 6. The van der Waals surface area contributed by atoms with E-state index in [1.165, 1.54) is 23.5 Å². The highest BCUT2D eigenvalue weighted by Gasteiger charge is 2.26. The van der Waals surface area contributed by atoms with Gasteiger partial charge in [0.2, 0.25) is 15.8 Å². The molecule has 0 spiro atoms.